The zero-order valence-electron chi connectivity index (χ0n) is 32.7. The van der Waals surface area contributed by atoms with E-state index in [4.69, 9.17) is 19.4 Å². The van der Waals surface area contributed by atoms with Gasteiger partial charge in [-0.1, -0.05) is 170 Å². The Morgan fingerprint density at radius 2 is 0.934 bits per heavy atom. The lowest BCUT2D eigenvalue weighted by Crippen LogP contribution is -2.30. The number of nitrogens with zero attached hydrogens (tertiary/aromatic N) is 4. The molecule has 0 saturated carbocycles. The van der Waals surface area contributed by atoms with Gasteiger partial charge in [-0.25, -0.2) is 15.0 Å². The van der Waals surface area contributed by atoms with Gasteiger partial charge in [-0.2, -0.15) is 0 Å². The molecule has 14 rings (SSSR count). The third kappa shape index (κ3) is 4.21. The first-order chi connectivity index (χ1) is 30.3. The van der Waals surface area contributed by atoms with Crippen molar-refractivity contribution in [3.05, 3.63) is 216 Å². The summed E-state index contributed by atoms with van der Waals surface area (Å²) in [5.41, 5.74) is 15.1. The van der Waals surface area contributed by atoms with Crippen LogP contribution < -0.4 is 0 Å². The highest BCUT2D eigenvalue weighted by atomic mass is 16.3. The summed E-state index contributed by atoms with van der Waals surface area (Å²) in [5, 5.41) is 7.10. The molecule has 9 aromatic carbocycles. The molecule has 2 aliphatic rings. The van der Waals surface area contributed by atoms with Crippen LogP contribution in [0.25, 0.3) is 105 Å². The Hall–Kier alpha value is -8.15. The lowest BCUT2D eigenvalue weighted by atomic mass is 9.63. The van der Waals surface area contributed by atoms with Crippen LogP contribution in [0.3, 0.4) is 0 Å². The molecule has 2 aliphatic carbocycles. The van der Waals surface area contributed by atoms with Gasteiger partial charge in [0, 0.05) is 38.2 Å². The van der Waals surface area contributed by atoms with Gasteiger partial charge < -0.3 is 8.98 Å². The zero-order chi connectivity index (χ0) is 39.8. The lowest BCUT2D eigenvalue weighted by Gasteiger charge is -2.37. The summed E-state index contributed by atoms with van der Waals surface area (Å²) in [4.78, 5) is 15.2. The first-order valence-electron chi connectivity index (χ1n) is 20.8. The molecule has 0 N–H and O–H groups in total. The van der Waals surface area contributed by atoms with Crippen molar-refractivity contribution in [3.8, 4) is 51.0 Å². The van der Waals surface area contributed by atoms with Crippen molar-refractivity contribution in [2.75, 3.05) is 0 Å². The van der Waals surface area contributed by atoms with Crippen molar-refractivity contribution >= 4 is 54.5 Å². The molecule has 3 aromatic heterocycles. The average Bonchev–Trinajstić information content (AvgIpc) is 3.98. The third-order valence-corrected chi connectivity index (χ3v) is 13.2. The van der Waals surface area contributed by atoms with Gasteiger partial charge in [-0.15, -0.1) is 0 Å². The van der Waals surface area contributed by atoms with Gasteiger partial charge in [0.05, 0.1) is 22.1 Å². The predicted molar refractivity (Wildman–Crippen MR) is 246 cm³/mol. The standard InChI is InChI=1S/C56H32N4O/c1-3-15-34(16-4-1)53-57-54(35-17-5-2-6-18-35)59-55(58-53)39-23-13-30-47-49(39)38-22-12-29-46(52(38)61-47)60-44-28-14-27-43-50(44)51-45(60)32-31-33-19-11-26-42(48(33)51)56(43)40-24-9-7-20-36(40)37-21-8-10-25-41(37)56/h1-32H. The smallest absolute Gasteiger partial charge is 0.164 e. The summed E-state index contributed by atoms with van der Waals surface area (Å²) in [7, 11) is 0. The van der Waals surface area contributed by atoms with Crippen molar-refractivity contribution in [2.24, 2.45) is 0 Å². The second-order valence-electron chi connectivity index (χ2n) is 16.2. The monoisotopic (exact) mass is 776 g/mol. The second-order valence-corrected chi connectivity index (χ2v) is 16.2. The normalized spacial score (nSPS) is 13.4. The van der Waals surface area contributed by atoms with E-state index in [9.17, 15) is 0 Å². The molecule has 5 heteroatoms. The molecule has 0 atom stereocenters. The molecular weight excluding hydrogens is 745 g/mol. The molecule has 5 nitrogen and oxygen atoms in total. The van der Waals surface area contributed by atoms with E-state index < -0.39 is 5.41 Å². The fraction of sp³-hybridized carbons (Fsp3) is 0.0179. The minimum Gasteiger partial charge on any atom is -0.454 e. The Morgan fingerprint density at radius 3 is 1.66 bits per heavy atom. The summed E-state index contributed by atoms with van der Waals surface area (Å²) >= 11 is 0. The number of rotatable bonds is 4. The Labute approximate surface area is 349 Å². The van der Waals surface area contributed by atoms with Crippen molar-refractivity contribution in [1.82, 2.24) is 19.5 Å². The Kier molecular flexibility index (Phi) is 6.43. The van der Waals surface area contributed by atoms with Gasteiger partial charge in [0.15, 0.2) is 23.1 Å². The highest BCUT2D eigenvalue weighted by Crippen LogP contribution is 2.62. The van der Waals surface area contributed by atoms with Crippen LogP contribution >= 0.6 is 0 Å². The number of furan rings is 1. The summed E-state index contributed by atoms with van der Waals surface area (Å²) in [6, 6.07) is 69.4. The maximum Gasteiger partial charge on any atom is 0.164 e. The zero-order valence-corrected chi connectivity index (χ0v) is 32.7. The minimum atomic E-state index is -0.471. The Bertz CT molecular complexity index is 3720. The first kappa shape index (κ1) is 32.8. The molecule has 0 radical (unpaired) electrons. The summed E-state index contributed by atoms with van der Waals surface area (Å²) < 4.78 is 9.46. The van der Waals surface area contributed by atoms with Crippen LogP contribution in [0.4, 0.5) is 0 Å². The van der Waals surface area contributed by atoms with Crippen LogP contribution in [0.5, 0.6) is 0 Å². The summed E-state index contributed by atoms with van der Waals surface area (Å²) in [6.07, 6.45) is 0. The van der Waals surface area contributed by atoms with Gasteiger partial charge >= 0.3 is 0 Å². The van der Waals surface area contributed by atoms with E-state index in [1.807, 2.05) is 66.7 Å². The largest absolute Gasteiger partial charge is 0.454 e. The maximum absolute atomic E-state index is 7.02. The number of aromatic nitrogens is 4. The number of para-hydroxylation sites is 1. The van der Waals surface area contributed by atoms with Crippen molar-refractivity contribution < 1.29 is 4.42 Å². The molecule has 0 aliphatic heterocycles. The molecular formula is C56H32N4O. The van der Waals surface area contributed by atoms with Crippen LogP contribution in [0.2, 0.25) is 0 Å². The number of fused-ring (bicyclic) bond motifs is 10. The molecule has 0 fully saturated rings. The fourth-order valence-electron chi connectivity index (χ4n) is 10.9. The molecule has 12 aromatic rings. The van der Waals surface area contributed by atoms with Crippen LogP contribution in [0, 0.1) is 0 Å². The van der Waals surface area contributed by atoms with Crippen molar-refractivity contribution in [1.29, 1.82) is 0 Å². The molecule has 0 bridgehead atoms. The van der Waals surface area contributed by atoms with E-state index in [0.717, 1.165) is 55.3 Å². The van der Waals surface area contributed by atoms with Crippen molar-refractivity contribution in [3.63, 3.8) is 0 Å². The van der Waals surface area contributed by atoms with Crippen LogP contribution in [0.1, 0.15) is 22.3 Å². The fourth-order valence-corrected chi connectivity index (χ4v) is 10.9. The minimum absolute atomic E-state index is 0.471. The Morgan fingerprint density at radius 1 is 0.377 bits per heavy atom. The van der Waals surface area contributed by atoms with E-state index in [0.29, 0.717) is 17.5 Å². The number of benzene rings is 9. The predicted octanol–water partition coefficient (Wildman–Crippen LogP) is 13.7. The summed E-state index contributed by atoms with van der Waals surface area (Å²) in [6.45, 7) is 0. The van der Waals surface area contributed by atoms with E-state index in [-0.39, 0.29) is 0 Å². The number of hydrogen-bond donors (Lipinski definition) is 0. The summed E-state index contributed by atoms with van der Waals surface area (Å²) in [5.74, 6) is 1.84. The molecule has 282 valence electrons. The van der Waals surface area contributed by atoms with Crippen molar-refractivity contribution in [2.45, 2.75) is 5.41 Å². The first-order valence-corrected chi connectivity index (χ1v) is 20.8. The van der Waals surface area contributed by atoms with E-state index in [2.05, 4.69) is 132 Å². The molecule has 0 saturated heterocycles. The SMILES string of the molecule is c1ccc(-c2nc(-c3ccccc3)nc(-c3cccc4oc5c(-n6c7cccc8c7c7c9c(cccc9ccc76)C86c7ccccc7-c7ccccc76)cccc5c34)n2)cc1. The van der Waals surface area contributed by atoms with E-state index in [1.54, 1.807) is 0 Å². The average molecular weight is 777 g/mol. The molecule has 0 amide bonds. The van der Waals surface area contributed by atoms with E-state index >= 15 is 0 Å². The molecule has 61 heavy (non-hydrogen) atoms. The van der Waals surface area contributed by atoms with Gasteiger partial charge in [-0.05, 0) is 68.4 Å². The van der Waals surface area contributed by atoms with Gasteiger partial charge in [0.1, 0.15) is 5.58 Å². The topological polar surface area (TPSA) is 56.7 Å². The van der Waals surface area contributed by atoms with Gasteiger partial charge in [-0.3, -0.25) is 0 Å². The molecule has 3 heterocycles. The highest BCUT2D eigenvalue weighted by molar-refractivity contribution is 6.27. The quantitative estimate of drug-likeness (QED) is 0.179. The van der Waals surface area contributed by atoms with Crippen LogP contribution in [-0.4, -0.2) is 19.5 Å². The van der Waals surface area contributed by atoms with Gasteiger partial charge in [0.2, 0.25) is 0 Å². The maximum atomic E-state index is 7.02. The third-order valence-electron chi connectivity index (χ3n) is 13.2. The Balaban J connectivity index is 1.06. The highest BCUT2D eigenvalue weighted by Gasteiger charge is 2.50. The van der Waals surface area contributed by atoms with Gasteiger partial charge in [0.25, 0.3) is 0 Å². The van der Waals surface area contributed by atoms with Crippen LogP contribution in [-0.2, 0) is 5.41 Å². The molecule has 0 unspecified atom stereocenters. The number of hydrogen-bond acceptors (Lipinski definition) is 4. The second kappa shape index (κ2) is 12.0. The molecule has 1 spiro atoms. The van der Waals surface area contributed by atoms with Crippen LogP contribution in [0.15, 0.2) is 199 Å². The van der Waals surface area contributed by atoms with E-state index in [1.165, 1.54) is 54.9 Å². The lowest BCUT2D eigenvalue weighted by molar-refractivity contribution is 0.666.